The molecule has 0 aliphatic rings. The lowest BCUT2D eigenvalue weighted by molar-refractivity contribution is -0.150. The topological polar surface area (TPSA) is 113 Å². The number of nitrogens with zero attached hydrogens (tertiary/aromatic N) is 3. The number of alkyl halides is 3. The largest absolute Gasteiger partial charge is 0.479 e. The van der Waals surface area contributed by atoms with Crippen LogP contribution in [0.1, 0.15) is 25.1 Å². The van der Waals surface area contributed by atoms with Gasteiger partial charge in [-0.15, -0.1) is 0 Å². The molecule has 1 heterocycles. The Morgan fingerprint density at radius 2 is 1.68 bits per heavy atom. The quantitative estimate of drug-likeness (QED) is 0.230. The van der Waals surface area contributed by atoms with Gasteiger partial charge in [-0.25, -0.2) is 18.5 Å². The molecule has 1 unspecified atom stereocenters. The number of benzene rings is 3. The molecule has 212 valence electrons. The average Bonchev–Trinajstić information content (AvgIpc) is 2.91. The summed E-state index contributed by atoms with van der Waals surface area (Å²) in [7, 11) is 0.792. The predicted octanol–water partition coefficient (Wildman–Crippen LogP) is 4.84. The molecule has 0 saturated carbocycles. The summed E-state index contributed by atoms with van der Waals surface area (Å²) < 4.78 is 71.4. The highest BCUT2D eigenvalue weighted by molar-refractivity contribution is 5.85. The molecule has 0 saturated heterocycles. The lowest BCUT2D eigenvalue weighted by atomic mass is 10.1. The van der Waals surface area contributed by atoms with Crippen LogP contribution in [-0.2, 0) is 22.8 Å². The molecular formula is C28H21F4N3O6. The number of rotatable bonds is 7. The van der Waals surface area contributed by atoms with Gasteiger partial charge in [0.05, 0.1) is 17.9 Å². The number of esters is 1. The lowest BCUT2D eigenvalue weighted by Crippen LogP contribution is -2.41. The molecule has 4 rings (SSSR count). The highest BCUT2D eigenvalue weighted by Gasteiger charge is 2.35. The van der Waals surface area contributed by atoms with Crippen LogP contribution in [0.15, 0.2) is 64.2 Å². The first-order valence-electron chi connectivity index (χ1n) is 12.0. The predicted molar refractivity (Wildman–Crippen MR) is 138 cm³/mol. The Morgan fingerprint density at radius 3 is 2.32 bits per heavy atom. The van der Waals surface area contributed by atoms with Crippen LogP contribution in [-0.4, -0.2) is 27.8 Å². The summed E-state index contributed by atoms with van der Waals surface area (Å²) in [4.78, 5) is 37.1. The number of carbonyl (C=O) groups excluding carboxylic acids is 1. The van der Waals surface area contributed by atoms with E-state index in [1.54, 1.807) is 43.3 Å². The number of halogens is 4. The van der Waals surface area contributed by atoms with E-state index in [1.165, 1.54) is 13.0 Å². The molecule has 1 atom stereocenters. The van der Waals surface area contributed by atoms with Gasteiger partial charge >= 0.3 is 17.8 Å². The summed E-state index contributed by atoms with van der Waals surface area (Å²) in [5.41, 5.74) is -5.39. The maximum absolute atomic E-state index is 14.9. The van der Waals surface area contributed by atoms with Gasteiger partial charge in [-0.05, 0) is 55.0 Å². The molecule has 0 radical (unpaired) electrons. The molecule has 1 aromatic heterocycles. The molecule has 3 aromatic carbocycles. The standard InChI is InChI=1S/C28H21F4N3O6/c1-4-39-26(37)15(2)40-19-7-5-16-6-8-20(10-17(16)9-19)41-23-12-22(21(29)11-18(23)14-33)35-25(36)13-24(28(30,31)32)34(3)27(35)38/h5-13,15H,4H2,1-3H3. The third-order valence-corrected chi connectivity index (χ3v) is 5.96. The van der Waals surface area contributed by atoms with Crippen LogP contribution in [0.2, 0.25) is 0 Å². The van der Waals surface area contributed by atoms with Gasteiger partial charge in [-0.2, -0.15) is 18.4 Å². The van der Waals surface area contributed by atoms with Crippen molar-refractivity contribution in [3.63, 3.8) is 0 Å². The maximum atomic E-state index is 14.9. The number of nitriles is 1. The van der Waals surface area contributed by atoms with Gasteiger partial charge < -0.3 is 14.2 Å². The number of ether oxygens (including phenoxy) is 3. The molecule has 9 nitrogen and oxygen atoms in total. The minimum atomic E-state index is -5.00. The first kappa shape index (κ1) is 28.9. The first-order chi connectivity index (χ1) is 19.3. The van der Waals surface area contributed by atoms with Gasteiger partial charge in [0.2, 0.25) is 0 Å². The summed E-state index contributed by atoms with van der Waals surface area (Å²) in [6, 6.07) is 13.3. The van der Waals surface area contributed by atoms with E-state index in [2.05, 4.69) is 0 Å². The molecule has 41 heavy (non-hydrogen) atoms. The first-order valence-corrected chi connectivity index (χ1v) is 12.0. The van der Waals surface area contributed by atoms with E-state index in [0.717, 1.165) is 18.5 Å². The zero-order chi connectivity index (χ0) is 30.1. The maximum Gasteiger partial charge on any atom is 0.431 e. The minimum absolute atomic E-state index is 0.162. The van der Waals surface area contributed by atoms with Crippen molar-refractivity contribution < 1.29 is 36.6 Å². The van der Waals surface area contributed by atoms with E-state index in [4.69, 9.17) is 14.2 Å². The summed E-state index contributed by atoms with van der Waals surface area (Å²) in [6.45, 7) is 3.40. The second kappa shape index (κ2) is 11.2. The summed E-state index contributed by atoms with van der Waals surface area (Å²) in [5, 5.41) is 10.9. The molecule has 0 spiro atoms. The molecular weight excluding hydrogens is 550 g/mol. The van der Waals surface area contributed by atoms with Gasteiger partial charge in [0.1, 0.15) is 34.8 Å². The number of carbonyl (C=O) groups is 1. The zero-order valence-electron chi connectivity index (χ0n) is 21.8. The number of fused-ring (bicyclic) bond motifs is 1. The van der Waals surface area contributed by atoms with Crippen LogP contribution < -0.4 is 20.7 Å². The van der Waals surface area contributed by atoms with Gasteiger partial charge in [0, 0.05) is 19.2 Å². The smallest absolute Gasteiger partial charge is 0.431 e. The van der Waals surface area contributed by atoms with Crippen molar-refractivity contribution in [3.8, 4) is 29.0 Å². The van der Waals surface area contributed by atoms with Crippen molar-refractivity contribution in [2.45, 2.75) is 26.1 Å². The Morgan fingerprint density at radius 1 is 1.02 bits per heavy atom. The van der Waals surface area contributed by atoms with E-state index in [-0.39, 0.29) is 38.9 Å². The minimum Gasteiger partial charge on any atom is -0.479 e. The van der Waals surface area contributed by atoms with Crippen LogP contribution in [0.5, 0.6) is 17.2 Å². The highest BCUT2D eigenvalue weighted by atomic mass is 19.4. The Labute approximate surface area is 229 Å². The summed E-state index contributed by atoms with van der Waals surface area (Å²) in [6.07, 6.45) is -5.87. The zero-order valence-corrected chi connectivity index (χ0v) is 21.8. The van der Waals surface area contributed by atoms with E-state index < -0.39 is 46.7 Å². The van der Waals surface area contributed by atoms with Crippen molar-refractivity contribution in [2.24, 2.45) is 7.05 Å². The van der Waals surface area contributed by atoms with Crippen LogP contribution in [0.3, 0.4) is 0 Å². The van der Waals surface area contributed by atoms with Crippen LogP contribution >= 0.6 is 0 Å². The highest BCUT2D eigenvalue weighted by Crippen LogP contribution is 2.32. The lowest BCUT2D eigenvalue weighted by Gasteiger charge is -2.16. The monoisotopic (exact) mass is 571 g/mol. The molecule has 0 N–H and O–H groups in total. The SMILES string of the molecule is CCOC(=O)C(C)Oc1ccc2ccc(Oc3cc(-n4c(=O)cc(C(F)(F)F)n(C)c4=O)c(F)cc3C#N)cc2c1. The molecule has 0 aliphatic heterocycles. The molecule has 0 fully saturated rings. The Bertz CT molecular complexity index is 1820. The van der Waals surface area contributed by atoms with Crippen LogP contribution in [0, 0.1) is 17.1 Å². The van der Waals surface area contributed by atoms with Crippen molar-refractivity contribution >= 4 is 16.7 Å². The third-order valence-electron chi connectivity index (χ3n) is 5.96. The van der Waals surface area contributed by atoms with Crippen molar-refractivity contribution in [1.82, 2.24) is 9.13 Å². The van der Waals surface area contributed by atoms with Gasteiger partial charge in [-0.1, -0.05) is 12.1 Å². The van der Waals surface area contributed by atoms with E-state index in [9.17, 15) is 37.2 Å². The fourth-order valence-corrected chi connectivity index (χ4v) is 3.98. The number of hydrogen-bond donors (Lipinski definition) is 0. The normalized spacial score (nSPS) is 12.0. The van der Waals surface area contributed by atoms with Gasteiger partial charge in [0.25, 0.3) is 5.56 Å². The Balaban J connectivity index is 1.74. The molecule has 0 amide bonds. The van der Waals surface area contributed by atoms with E-state index in [1.807, 2.05) is 0 Å². The van der Waals surface area contributed by atoms with E-state index in [0.29, 0.717) is 17.2 Å². The Kier molecular flexibility index (Phi) is 7.86. The van der Waals surface area contributed by atoms with Crippen molar-refractivity contribution in [3.05, 3.63) is 92.5 Å². The number of hydrogen-bond acceptors (Lipinski definition) is 7. The summed E-state index contributed by atoms with van der Waals surface area (Å²) in [5.74, 6) is -1.49. The van der Waals surface area contributed by atoms with Crippen molar-refractivity contribution in [2.75, 3.05) is 6.61 Å². The van der Waals surface area contributed by atoms with Gasteiger partial charge in [0.15, 0.2) is 6.10 Å². The van der Waals surface area contributed by atoms with Crippen LogP contribution in [0.25, 0.3) is 16.5 Å². The third kappa shape index (κ3) is 5.91. The fraction of sp³-hybridized carbons (Fsp3) is 0.214. The second-order valence-electron chi connectivity index (χ2n) is 8.74. The molecule has 13 heteroatoms. The van der Waals surface area contributed by atoms with Gasteiger partial charge in [-0.3, -0.25) is 9.36 Å². The molecule has 4 aromatic rings. The number of aromatic nitrogens is 2. The average molecular weight is 571 g/mol. The van der Waals surface area contributed by atoms with Crippen molar-refractivity contribution in [1.29, 1.82) is 5.26 Å². The summed E-state index contributed by atoms with van der Waals surface area (Å²) >= 11 is 0. The fourth-order valence-electron chi connectivity index (χ4n) is 3.98. The molecule has 0 bridgehead atoms. The van der Waals surface area contributed by atoms with Crippen LogP contribution in [0.4, 0.5) is 17.6 Å². The van der Waals surface area contributed by atoms with E-state index >= 15 is 0 Å². The Hall–Kier alpha value is -5.12. The molecule has 0 aliphatic carbocycles. The second-order valence-corrected chi connectivity index (χ2v) is 8.74.